The molecule has 1 aliphatic rings. The average molecular weight is 373 g/mol. The molecule has 0 radical (unpaired) electrons. The Balaban J connectivity index is 1.65. The summed E-state index contributed by atoms with van der Waals surface area (Å²) in [6, 6.07) is 24.2. The molecule has 0 aromatic heterocycles. The van der Waals surface area contributed by atoms with Crippen molar-refractivity contribution < 1.29 is 9.90 Å². The van der Waals surface area contributed by atoms with Gasteiger partial charge in [-0.2, -0.15) is 0 Å². The van der Waals surface area contributed by atoms with Gasteiger partial charge in [-0.05, 0) is 34.7 Å². The third-order valence-corrected chi connectivity index (χ3v) is 5.94. The molecule has 3 heteroatoms. The van der Waals surface area contributed by atoms with Crippen molar-refractivity contribution >= 4 is 16.7 Å². The molecule has 1 unspecified atom stereocenters. The second kappa shape index (κ2) is 8.15. The lowest BCUT2D eigenvalue weighted by Gasteiger charge is -2.38. The van der Waals surface area contributed by atoms with Crippen LogP contribution < -0.4 is 5.32 Å². The smallest absolute Gasteiger partial charge is 0.230 e. The van der Waals surface area contributed by atoms with Gasteiger partial charge < -0.3 is 10.4 Å². The molecule has 3 nitrogen and oxygen atoms in total. The maximum atomic E-state index is 13.3. The largest absolute Gasteiger partial charge is 0.389 e. The van der Waals surface area contributed by atoms with Crippen LogP contribution in [0.3, 0.4) is 0 Å². The fourth-order valence-corrected chi connectivity index (χ4v) is 4.43. The zero-order valence-corrected chi connectivity index (χ0v) is 16.1. The van der Waals surface area contributed by atoms with Crippen LogP contribution in [0.4, 0.5) is 0 Å². The van der Waals surface area contributed by atoms with Crippen molar-refractivity contribution in [3.63, 3.8) is 0 Å². The first-order chi connectivity index (χ1) is 13.7. The number of nitrogens with one attached hydrogen (secondary N) is 1. The van der Waals surface area contributed by atoms with Crippen molar-refractivity contribution in [2.24, 2.45) is 0 Å². The minimum absolute atomic E-state index is 0.0939. The van der Waals surface area contributed by atoms with Gasteiger partial charge in [-0.3, -0.25) is 4.79 Å². The summed E-state index contributed by atoms with van der Waals surface area (Å²) >= 11 is 0. The van der Waals surface area contributed by atoms with Crippen LogP contribution in [0, 0.1) is 0 Å². The van der Waals surface area contributed by atoms with Crippen molar-refractivity contribution in [2.45, 2.75) is 50.2 Å². The lowest BCUT2D eigenvalue weighted by atomic mass is 9.72. The van der Waals surface area contributed by atoms with Crippen molar-refractivity contribution in [3.8, 4) is 0 Å². The van der Waals surface area contributed by atoms with Crippen LogP contribution in [0.25, 0.3) is 10.8 Å². The summed E-state index contributed by atoms with van der Waals surface area (Å²) < 4.78 is 0. The summed E-state index contributed by atoms with van der Waals surface area (Å²) in [7, 11) is 0. The Hall–Kier alpha value is -2.65. The first-order valence-electron chi connectivity index (χ1n) is 10.2. The average Bonchev–Trinajstić information content (AvgIpc) is 2.73. The molecule has 144 valence electrons. The summed E-state index contributed by atoms with van der Waals surface area (Å²) in [6.07, 6.45) is 4.39. The maximum absolute atomic E-state index is 13.3. The molecule has 0 saturated heterocycles. The molecule has 3 aromatic rings. The first-order valence-corrected chi connectivity index (χ1v) is 10.2. The number of amides is 1. The summed E-state index contributed by atoms with van der Waals surface area (Å²) in [6.45, 7) is 0.472. The van der Waals surface area contributed by atoms with E-state index in [9.17, 15) is 9.90 Å². The zero-order valence-electron chi connectivity index (χ0n) is 16.1. The summed E-state index contributed by atoms with van der Waals surface area (Å²) in [5.74, 6) is -0.648. The molecule has 0 spiro atoms. The quantitative estimate of drug-likeness (QED) is 0.666. The molecule has 1 atom stereocenters. The highest BCUT2D eigenvalue weighted by molar-refractivity contribution is 5.88. The number of hydrogen-bond acceptors (Lipinski definition) is 2. The van der Waals surface area contributed by atoms with E-state index in [2.05, 4.69) is 23.5 Å². The van der Waals surface area contributed by atoms with E-state index in [1.54, 1.807) is 0 Å². The molecular formula is C25H27NO2. The fraction of sp³-hybridized carbons (Fsp3) is 0.320. The van der Waals surface area contributed by atoms with Crippen LogP contribution >= 0.6 is 0 Å². The first kappa shape index (κ1) is 18.7. The van der Waals surface area contributed by atoms with Gasteiger partial charge in [-0.25, -0.2) is 0 Å². The van der Waals surface area contributed by atoms with Gasteiger partial charge in [0.1, 0.15) is 0 Å². The normalized spacial score (nSPS) is 17.2. The Kier molecular flexibility index (Phi) is 5.45. The van der Waals surface area contributed by atoms with E-state index in [4.69, 9.17) is 0 Å². The Labute approximate surface area is 166 Å². The fourth-order valence-electron chi connectivity index (χ4n) is 4.43. The van der Waals surface area contributed by atoms with Gasteiger partial charge in [0, 0.05) is 6.54 Å². The Morgan fingerprint density at radius 2 is 1.57 bits per heavy atom. The van der Waals surface area contributed by atoms with Gasteiger partial charge >= 0.3 is 0 Å². The molecule has 1 amide bonds. The minimum atomic E-state index is -0.985. The summed E-state index contributed by atoms with van der Waals surface area (Å²) in [4.78, 5) is 13.3. The molecule has 2 N–H and O–H groups in total. The van der Waals surface area contributed by atoms with Crippen LogP contribution in [0.1, 0.15) is 49.1 Å². The number of rotatable bonds is 5. The zero-order chi connectivity index (χ0) is 19.4. The van der Waals surface area contributed by atoms with E-state index in [0.717, 1.165) is 41.2 Å². The Morgan fingerprint density at radius 1 is 0.893 bits per heavy atom. The minimum Gasteiger partial charge on any atom is -0.389 e. The van der Waals surface area contributed by atoms with E-state index >= 15 is 0 Å². The van der Waals surface area contributed by atoms with Crippen molar-refractivity contribution in [1.29, 1.82) is 0 Å². The highest BCUT2D eigenvalue weighted by Crippen LogP contribution is 2.41. The van der Waals surface area contributed by atoms with E-state index in [-0.39, 0.29) is 5.91 Å². The topological polar surface area (TPSA) is 49.3 Å². The molecule has 1 fully saturated rings. The monoisotopic (exact) mass is 373 g/mol. The highest BCUT2D eigenvalue weighted by atomic mass is 16.3. The molecule has 1 aliphatic carbocycles. The van der Waals surface area contributed by atoms with Crippen molar-refractivity contribution in [3.05, 3.63) is 83.9 Å². The van der Waals surface area contributed by atoms with E-state index in [1.807, 2.05) is 54.6 Å². The van der Waals surface area contributed by atoms with E-state index < -0.39 is 11.5 Å². The van der Waals surface area contributed by atoms with Crippen LogP contribution in [-0.2, 0) is 11.3 Å². The Morgan fingerprint density at radius 3 is 2.32 bits per heavy atom. The molecule has 3 aromatic carbocycles. The summed E-state index contributed by atoms with van der Waals surface area (Å²) in [5.41, 5.74) is 0.971. The van der Waals surface area contributed by atoms with Crippen LogP contribution in [-0.4, -0.2) is 16.6 Å². The lowest BCUT2D eigenvalue weighted by Crippen LogP contribution is -2.46. The Bertz CT molecular complexity index is 945. The lowest BCUT2D eigenvalue weighted by molar-refractivity contribution is -0.131. The van der Waals surface area contributed by atoms with E-state index in [1.165, 1.54) is 0 Å². The number of carbonyl (C=O) groups excluding carboxylic acids is 1. The van der Waals surface area contributed by atoms with Gasteiger partial charge in [0.25, 0.3) is 0 Å². The summed E-state index contributed by atoms with van der Waals surface area (Å²) in [5, 5.41) is 16.8. The van der Waals surface area contributed by atoms with Crippen LogP contribution in [0.2, 0.25) is 0 Å². The number of aliphatic hydroxyl groups is 1. The molecular weight excluding hydrogens is 346 g/mol. The van der Waals surface area contributed by atoms with Crippen LogP contribution in [0.5, 0.6) is 0 Å². The predicted molar refractivity (Wildman–Crippen MR) is 113 cm³/mol. The van der Waals surface area contributed by atoms with Gasteiger partial charge in [-0.15, -0.1) is 0 Å². The number of fused-ring (bicyclic) bond motifs is 1. The standard InChI is InChI=1S/C25H27NO2/c27-24(26-18-19-9-3-1-4-10-19)23(25(28)15-7-2-8-16-25)22-14-13-20-11-5-6-12-21(20)17-22/h1,3-6,9-14,17,23,28H,2,7-8,15-16,18H2,(H,26,27). The number of benzene rings is 3. The number of hydrogen-bond donors (Lipinski definition) is 2. The highest BCUT2D eigenvalue weighted by Gasteiger charge is 2.43. The maximum Gasteiger partial charge on any atom is 0.230 e. The molecule has 28 heavy (non-hydrogen) atoms. The number of carbonyl (C=O) groups is 1. The van der Waals surface area contributed by atoms with Gasteiger partial charge in [0.15, 0.2) is 0 Å². The third-order valence-electron chi connectivity index (χ3n) is 5.94. The van der Waals surface area contributed by atoms with Gasteiger partial charge in [-0.1, -0.05) is 92.1 Å². The van der Waals surface area contributed by atoms with Crippen molar-refractivity contribution in [1.82, 2.24) is 5.32 Å². The van der Waals surface area contributed by atoms with Crippen LogP contribution in [0.15, 0.2) is 72.8 Å². The predicted octanol–water partition coefficient (Wildman–Crippen LogP) is 4.94. The molecule has 1 saturated carbocycles. The third kappa shape index (κ3) is 3.95. The molecule has 4 rings (SSSR count). The molecule has 0 heterocycles. The van der Waals surface area contributed by atoms with Crippen molar-refractivity contribution in [2.75, 3.05) is 0 Å². The SMILES string of the molecule is O=C(NCc1ccccc1)C(c1ccc2ccccc2c1)C1(O)CCCCC1. The molecule has 0 bridgehead atoms. The molecule has 0 aliphatic heterocycles. The van der Waals surface area contributed by atoms with Gasteiger partial charge in [0.2, 0.25) is 5.91 Å². The van der Waals surface area contributed by atoms with Gasteiger partial charge in [0.05, 0.1) is 11.5 Å². The second-order valence-corrected chi connectivity index (χ2v) is 7.91. The second-order valence-electron chi connectivity index (χ2n) is 7.91. The van der Waals surface area contributed by atoms with E-state index in [0.29, 0.717) is 19.4 Å².